The Labute approximate surface area is 192 Å². The summed E-state index contributed by atoms with van der Waals surface area (Å²) >= 11 is 0. The van der Waals surface area contributed by atoms with Crippen molar-refractivity contribution in [2.24, 2.45) is 0 Å². The van der Waals surface area contributed by atoms with Crippen LogP contribution in [0.2, 0.25) is 0 Å². The fourth-order valence-electron chi connectivity index (χ4n) is 3.84. The molecule has 0 unspecified atom stereocenters. The highest BCUT2D eigenvalue weighted by atomic mass is 19.1. The molecule has 1 saturated heterocycles. The Morgan fingerprint density at radius 3 is 2.79 bits per heavy atom. The molecule has 0 aliphatic carbocycles. The first-order valence-corrected chi connectivity index (χ1v) is 10.4. The lowest BCUT2D eigenvalue weighted by atomic mass is 10.1. The molecule has 3 heterocycles. The van der Waals surface area contributed by atoms with Gasteiger partial charge in [-0.15, -0.1) is 0 Å². The molecule has 0 radical (unpaired) electrons. The summed E-state index contributed by atoms with van der Waals surface area (Å²) < 4.78 is 35.8. The monoisotopic (exact) mass is 463 g/mol. The molecule has 1 fully saturated rings. The van der Waals surface area contributed by atoms with E-state index in [9.17, 15) is 9.18 Å². The van der Waals surface area contributed by atoms with Crippen LogP contribution in [0, 0.1) is 11.6 Å². The lowest BCUT2D eigenvalue weighted by Gasteiger charge is -2.16. The minimum Gasteiger partial charge on any atom is -0.457 e. The van der Waals surface area contributed by atoms with Gasteiger partial charge in [-0.3, -0.25) is 9.80 Å². The lowest BCUT2D eigenvalue weighted by molar-refractivity contribution is -0.127. The van der Waals surface area contributed by atoms with Crippen LogP contribution in [0.3, 0.4) is 0 Å². The average molecular weight is 463 g/mol. The van der Waals surface area contributed by atoms with Gasteiger partial charge in [0.1, 0.15) is 47.1 Å². The van der Waals surface area contributed by atoms with Crippen molar-refractivity contribution in [3.63, 3.8) is 0 Å². The van der Waals surface area contributed by atoms with Crippen LogP contribution < -0.4 is 15.9 Å². The summed E-state index contributed by atoms with van der Waals surface area (Å²) in [5.74, 6) is -0.778. The van der Waals surface area contributed by atoms with Gasteiger partial charge in [-0.25, -0.2) is 28.9 Å². The number of amides is 1. The highest BCUT2D eigenvalue weighted by molar-refractivity contribution is 5.98. The third-order valence-electron chi connectivity index (χ3n) is 5.41. The summed E-state index contributed by atoms with van der Waals surface area (Å²) in [7, 11) is 0. The molecule has 11 heteroatoms. The van der Waals surface area contributed by atoms with E-state index in [1.807, 2.05) is 0 Å². The number of nitrogens with one attached hydrogen (secondary N) is 1. The number of hydrogen-bond donors (Lipinski definition) is 2. The van der Waals surface area contributed by atoms with E-state index in [0.29, 0.717) is 24.0 Å². The number of halogens is 2. The molecule has 0 spiro atoms. The van der Waals surface area contributed by atoms with E-state index in [0.717, 1.165) is 0 Å². The molecule has 2 aromatic heterocycles. The Hall–Kier alpha value is -4.38. The van der Waals surface area contributed by atoms with Crippen LogP contribution in [0.1, 0.15) is 12.6 Å². The van der Waals surface area contributed by atoms with Gasteiger partial charge in [-0.2, -0.15) is 5.10 Å². The summed E-state index contributed by atoms with van der Waals surface area (Å²) in [5.41, 5.74) is 9.98. The maximum Gasteiger partial charge on any atom is 0.260 e. The molecule has 5 rings (SSSR count). The van der Waals surface area contributed by atoms with E-state index in [1.54, 1.807) is 16.8 Å². The Morgan fingerprint density at radius 1 is 1.21 bits per heavy atom. The quantitative estimate of drug-likeness (QED) is 0.435. The molecule has 1 aliphatic rings. The van der Waals surface area contributed by atoms with Crippen molar-refractivity contribution in [2.45, 2.75) is 12.6 Å². The molecule has 34 heavy (non-hydrogen) atoms. The maximum atomic E-state index is 15.2. The number of anilines is 1. The zero-order valence-corrected chi connectivity index (χ0v) is 17.8. The van der Waals surface area contributed by atoms with Crippen molar-refractivity contribution in [1.82, 2.24) is 30.2 Å². The van der Waals surface area contributed by atoms with Crippen LogP contribution in [0.4, 0.5) is 14.6 Å². The number of rotatable bonds is 5. The largest absolute Gasteiger partial charge is 0.457 e. The van der Waals surface area contributed by atoms with Crippen LogP contribution in [-0.2, 0) is 4.79 Å². The van der Waals surface area contributed by atoms with Crippen LogP contribution in [0.5, 0.6) is 11.5 Å². The average Bonchev–Trinajstić information content (AvgIpc) is 3.45. The fourth-order valence-corrected chi connectivity index (χ4v) is 3.84. The van der Waals surface area contributed by atoms with Crippen LogP contribution >= 0.6 is 0 Å². The Kier molecular flexibility index (Phi) is 5.38. The van der Waals surface area contributed by atoms with Crippen molar-refractivity contribution >= 4 is 22.8 Å². The van der Waals surface area contributed by atoms with Gasteiger partial charge in [-0.1, -0.05) is 12.6 Å². The van der Waals surface area contributed by atoms with Gasteiger partial charge in [0.2, 0.25) is 0 Å². The molecule has 2 aromatic carbocycles. The van der Waals surface area contributed by atoms with E-state index in [-0.39, 0.29) is 34.5 Å². The van der Waals surface area contributed by atoms with Gasteiger partial charge in [-0.05, 0) is 30.3 Å². The second-order valence-electron chi connectivity index (χ2n) is 7.58. The highest BCUT2D eigenvalue weighted by Gasteiger charge is 2.30. The van der Waals surface area contributed by atoms with Gasteiger partial charge < -0.3 is 10.5 Å². The number of fused-ring (bicyclic) bond motifs is 1. The molecule has 1 atom stereocenters. The minimum atomic E-state index is -0.619. The Morgan fingerprint density at radius 2 is 2.03 bits per heavy atom. The molecule has 0 bridgehead atoms. The van der Waals surface area contributed by atoms with Gasteiger partial charge in [0.25, 0.3) is 5.91 Å². The number of aromatic nitrogens is 4. The zero-order valence-electron chi connectivity index (χ0n) is 17.8. The molecule has 0 saturated carbocycles. The number of nitrogen functional groups attached to an aromatic ring is 1. The third kappa shape index (κ3) is 3.82. The first-order valence-electron chi connectivity index (χ1n) is 10.4. The number of nitrogens with two attached hydrogens (primary N) is 1. The summed E-state index contributed by atoms with van der Waals surface area (Å²) in [4.78, 5) is 20.3. The SMILES string of the molecule is C=CC(=O)N1CC[C@@H](n2nc(-c3ccc(Oc4cccc(F)c4)cc3F)c3c(N)ncnc32)N1. The minimum absolute atomic E-state index is 0.141. The van der Waals surface area contributed by atoms with E-state index in [1.165, 1.54) is 47.7 Å². The predicted molar refractivity (Wildman–Crippen MR) is 120 cm³/mol. The second-order valence-corrected chi connectivity index (χ2v) is 7.58. The van der Waals surface area contributed by atoms with Crippen LogP contribution in [-0.4, -0.2) is 37.2 Å². The number of carbonyl (C=O) groups is 1. The molecule has 172 valence electrons. The van der Waals surface area contributed by atoms with Crippen molar-refractivity contribution in [2.75, 3.05) is 12.3 Å². The van der Waals surface area contributed by atoms with Crippen molar-refractivity contribution in [3.05, 3.63) is 73.1 Å². The molecule has 1 aliphatic heterocycles. The van der Waals surface area contributed by atoms with Crippen molar-refractivity contribution < 1.29 is 18.3 Å². The first kappa shape index (κ1) is 21.5. The molecule has 1 amide bonds. The summed E-state index contributed by atoms with van der Waals surface area (Å²) in [6, 6.07) is 9.78. The second kappa shape index (κ2) is 8.52. The smallest absolute Gasteiger partial charge is 0.260 e. The number of hydrogen-bond acceptors (Lipinski definition) is 7. The third-order valence-corrected chi connectivity index (χ3v) is 5.41. The number of hydrazine groups is 1. The van der Waals surface area contributed by atoms with Gasteiger partial charge in [0.15, 0.2) is 5.65 Å². The molecular weight excluding hydrogens is 444 g/mol. The normalized spacial score (nSPS) is 15.6. The van der Waals surface area contributed by atoms with Crippen LogP contribution in [0.25, 0.3) is 22.3 Å². The van der Waals surface area contributed by atoms with Crippen molar-refractivity contribution in [1.29, 1.82) is 0 Å². The zero-order chi connectivity index (χ0) is 23.8. The summed E-state index contributed by atoms with van der Waals surface area (Å²) in [6.07, 6.45) is 2.65. The van der Waals surface area contributed by atoms with Crippen LogP contribution in [0.15, 0.2) is 61.4 Å². The fraction of sp³-hybridized carbons (Fsp3) is 0.130. The molecular formula is C23H19F2N7O2. The number of benzene rings is 2. The molecule has 3 N–H and O–H groups in total. The number of carbonyl (C=O) groups excluding carboxylic acids is 1. The van der Waals surface area contributed by atoms with E-state index in [4.69, 9.17) is 10.5 Å². The molecule has 4 aromatic rings. The van der Waals surface area contributed by atoms with E-state index in [2.05, 4.69) is 27.1 Å². The van der Waals surface area contributed by atoms with E-state index < -0.39 is 17.8 Å². The maximum absolute atomic E-state index is 15.2. The standard InChI is InChI=1S/C23H19F2N7O2/c1-2-19(33)31-9-8-18(29-31)32-23-20(22(26)27-12-28-23)21(30-32)16-7-6-15(11-17(16)25)34-14-5-3-4-13(24)10-14/h2-7,10-12,18,29H,1,8-9H2,(H2,26,27,28)/t18-/m1/s1. The highest BCUT2D eigenvalue weighted by Crippen LogP contribution is 2.35. The predicted octanol–water partition coefficient (Wildman–Crippen LogP) is 3.57. The van der Waals surface area contributed by atoms with Gasteiger partial charge in [0, 0.05) is 30.7 Å². The summed E-state index contributed by atoms with van der Waals surface area (Å²) in [5, 5.41) is 6.40. The van der Waals surface area contributed by atoms with Crippen molar-refractivity contribution in [3.8, 4) is 22.8 Å². The van der Waals surface area contributed by atoms with Gasteiger partial charge >= 0.3 is 0 Å². The summed E-state index contributed by atoms with van der Waals surface area (Å²) in [6.45, 7) is 3.93. The Bertz CT molecular complexity index is 1420. The number of nitrogens with zero attached hydrogens (tertiary/aromatic N) is 5. The first-order chi connectivity index (χ1) is 16.4. The molecule has 9 nitrogen and oxygen atoms in total. The lowest BCUT2D eigenvalue weighted by Crippen LogP contribution is -2.38. The Balaban J connectivity index is 1.53. The van der Waals surface area contributed by atoms with E-state index >= 15 is 4.39 Å². The number of ether oxygens (including phenoxy) is 1. The van der Waals surface area contributed by atoms with Gasteiger partial charge in [0.05, 0.1) is 5.39 Å². The topological polar surface area (TPSA) is 111 Å².